The molecule has 1 nitrogen and oxygen atoms in total. The summed E-state index contributed by atoms with van der Waals surface area (Å²) in [5.41, 5.74) is 5.60. The minimum Gasteiger partial charge on any atom is -0.216 e. The Bertz CT molecular complexity index is 670. The van der Waals surface area contributed by atoms with E-state index >= 15 is 0 Å². The highest BCUT2D eigenvalue weighted by Crippen LogP contribution is 2.35. The lowest BCUT2D eigenvalue weighted by Crippen LogP contribution is -2.20. The number of hydrogen-bond donors (Lipinski definition) is 0. The third kappa shape index (κ3) is 5.74. The Balaban J connectivity index is 2.13. The van der Waals surface area contributed by atoms with Crippen LogP contribution in [0.1, 0.15) is 59.8 Å². The quantitative estimate of drug-likeness (QED) is 0.254. The molecule has 0 aromatic carbocycles. The third-order valence-electron chi connectivity index (χ3n) is 5.12. The van der Waals surface area contributed by atoms with E-state index < -0.39 is 0 Å². The van der Waals surface area contributed by atoms with Crippen LogP contribution < -0.4 is 0 Å². The first kappa shape index (κ1) is 20.8. The summed E-state index contributed by atoms with van der Waals surface area (Å²) in [6, 6.07) is 0. The monoisotopic (exact) mass is 367 g/mol. The first-order valence-electron chi connectivity index (χ1n) is 9.98. The number of allylic oxidation sites excluding steroid dienone is 11. The van der Waals surface area contributed by atoms with E-state index in [0.29, 0.717) is 11.8 Å². The fourth-order valence-corrected chi connectivity index (χ4v) is 4.32. The van der Waals surface area contributed by atoms with E-state index in [1.165, 1.54) is 22.4 Å². The second kappa shape index (κ2) is 11.2. The summed E-state index contributed by atoms with van der Waals surface area (Å²) < 4.78 is 4.89. The van der Waals surface area contributed by atoms with Gasteiger partial charge >= 0.3 is 0 Å². The van der Waals surface area contributed by atoms with Crippen molar-refractivity contribution in [2.45, 2.75) is 59.8 Å². The second-order valence-corrected chi connectivity index (χ2v) is 7.57. The van der Waals surface area contributed by atoms with Crippen LogP contribution in [0.4, 0.5) is 0 Å². The predicted molar refractivity (Wildman–Crippen MR) is 119 cm³/mol. The maximum atomic E-state index is 4.89. The van der Waals surface area contributed by atoms with Gasteiger partial charge in [-0.3, -0.25) is 0 Å². The van der Waals surface area contributed by atoms with Gasteiger partial charge in [-0.2, -0.15) is 0 Å². The minimum atomic E-state index is 0.549. The summed E-state index contributed by atoms with van der Waals surface area (Å²) in [7, 11) is 0. The molecule has 1 heterocycles. The highest BCUT2D eigenvalue weighted by molar-refractivity contribution is 8.01. The van der Waals surface area contributed by atoms with Crippen LogP contribution in [-0.4, -0.2) is 5.71 Å². The van der Waals surface area contributed by atoms with E-state index in [-0.39, 0.29) is 0 Å². The smallest absolute Gasteiger partial charge is 0.0529 e. The van der Waals surface area contributed by atoms with E-state index in [0.717, 1.165) is 32.1 Å². The fourth-order valence-electron chi connectivity index (χ4n) is 3.55. The van der Waals surface area contributed by atoms with E-state index in [4.69, 9.17) is 4.40 Å². The molecule has 0 saturated heterocycles. The van der Waals surface area contributed by atoms with Gasteiger partial charge in [0.15, 0.2) is 0 Å². The second-order valence-electron chi connectivity index (χ2n) is 6.95. The van der Waals surface area contributed by atoms with Crippen LogP contribution >= 0.6 is 11.9 Å². The first-order chi connectivity index (χ1) is 12.7. The summed E-state index contributed by atoms with van der Waals surface area (Å²) in [6.07, 6.45) is 23.4. The Morgan fingerprint density at radius 1 is 1.35 bits per heavy atom. The zero-order chi connectivity index (χ0) is 18.8. The van der Waals surface area contributed by atoms with Gasteiger partial charge in [0.05, 0.1) is 5.71 Å². The molecule has 2 aliphatic rings. The lowest BCUT2D eigenvalue weighted by atomic mass is 9.78. The van der Waals surface area contributed by atoms with E-state index in [9.17, 15) is 0 Å². The van der Waals surface area contributed by atoms with Gasteiger partial charge in [-0.05, 0) is 73.0 Å². The lowest BCUT2D eigenvalue weighted by Gasteiger charge is -2.26. The van der Waals surface area contributed by atoms with Crippen molar-refractivity contribution in [1.82, 2.24) is 0 Å². The van der Waals surface area contributed by atoms with Crippen molar-refractivity contribution in [2.24, 2.45) is 16.2 Å². The molecule has 0 amide bonds. The van der Waals surface area contributed by atoms with E-state index in [1.807, 2.05) is 0 Å². The van der Waals surface area contributed by atoms with Gasteiger partial charge in [0.1, 0.15) is 0 Å². The number of nitrogens with zero attached hydrogens (tertiary/aromatic N) is 1. The molecule has 0 aromatic heterocycles. The van der Waals surface area contributed by atoms with Gasteiger partial charge in [0.25, 0.3) is 0 Å². The SMILES string of the molecule is C/C=C\C=C(/CC)C1=CSN=C(C2=CC=CCC2C(C)C=CCC)CC1. The minimum absolute atomic E-state index is 0.549. The highest BCUT2D eigenvalue weighted by atomic mass is 32.2. The van der Waals surface area contributed by atoms with Gasteiger partial charge in [0.2, 0.25) is 0 Å². The molecule has 0 radical (unpaired) electrons. The van der Waals surface area contributed by atoms with Crippen LogP contribution in [-0.2, 0) is 0 Å². The normalized spacial score (nSPS) is 23.0. The van der Waals surface area contributed by atoms with Crippen molar-refractivity contribution in [1.29, 1.82) is 0 Å². The van der Waals surface area contributed by atoms with Crippen molar-refractivity contribution < 1.29 is 0 Å². The van der Waals surface area contributed by atoms with Crippen molar-refractivity contribution in [3.63, 3.8) is 0 Å². The molecule has 0 saturated carbocycles. The van der Waals surface area contributed by atoms with Gasteiger partial charge in [0, 0.05) is 11.9 Å². The average molecular weight is 368 g/mol. The van der Waals surface area contributed by atoms with Crippen LogP contribution in [0.3, 0.4) is 0 Å². The molecular formula is C24H33NS. The van der Waals surface area contributed by atoms with Crippen LogP contribution in [0.5, 0.6) is 0 Å². The maximum Gasteiger partial charge on any atom is 0.0529 e. The topological polar surface area (TPSA) is 12.4 Å². The van der Waals surface area contributed by atoms with Crippen molar-refractivity contribution >= 4 is 17.7 Å². The summed E-state index contributed by atoms with van der Waals surface area (Å²) in [6.45, 7) is 8.85. The molecule has 0 bridgehead atoms. The van der Waals surface area contributed by atoms with Gasteiger partial charge < -0.3 is 0 Å². The Hall–Kier alpha value is -1.54. The molecule has 0 N–H and O–H groups in total. The third-order valence-corrected chi connectivity index (χ3v) is 5.83. The summed E-state index contributed by atoms with van der Waals surface area (Å²) in [5.74, 6) is 1.10. The van der Waals surface area contributed by atoms with Gasteiger partial charge in [-0.25, -0.2) is 4.40 Å². The van der Waals surface area contributed by atoms with E-state index in [2.05, 4.69) is 81.7 Å². The molecule has 1 aliphatic heterocycles. The number of hydrogen-bond acceptors (Lipinski definition) is 2. The Morgan fingerprint density at radius 3 is 2.92 bits per heavy atom. The van der Waals surface area contributed by atoms with Crippen molar-refractivity contribution in [3.05, 3.63) is 70.7 Å². The molecule has 0 spiro atoms. The molecule has 26 heavy (non-hydrogen) atoms. The fraction of sp³-hybridized carbons (Fsp3) is 0.458. The maximum absolute atomic E-state index is 4.89. The number of rotatable bonds is 7. The van der Waals surface area contributed by atoms with Gasteiger partial charge in [-0.15, -0.1) is 0 Å². The Morgan fingerprint density at radius 2 is 2.19 bits per heavy atom. The Kier molecular flexibility index (Phi) is 8.97. The highest BCUT2D eigenvalue weighted by Gasteiger charge is 2.25. The molecule has 2 atom stereocenters. The zero-order valence-corrected chi connectivity index (χ0v) is 17.6. The molecule has 140 valence electrons. The van der Waals surface area contributed by atoms with Crippen LogP contribution in [0.25, 0.3) is 0 Å². The molecule has 2 rings (SSSR count). The molecule has 2 unspecified atom stereocenters. The Labute approximate surface area is 164 Å². The van der Waals surface area contributed by atoms with Crippen LogP contribution in [0.15, 0.2) is 75.1 Å². The average Bonchev–Trinajstić information content (AvgIpc) is 2.93. The summed E-state index contributed by atoms with van der Waals surface area (Å²) in [4.78, 5) is 0. The zero-order valence-electron chi connectivity index (χ0n) is 16.7. The molecule has 2 heteroatoms. The predicted octanol–water partition coefficient (Wildman–Crippen LogP) is 7.77. The summed E-state index contributed by atoms with van der Waals surface area (Å²) >= 11 is 1.61. The van der Waals surface area contributed by atoms with E-state index in [1.54, 1.807) is 11.9 Å². The molecular weight excluding hydrogens is 334 g/mol. The lowest BCUT2D eigenvalue weighted by molar-refractivity contribution is 0.499. The van der Waals surface area contributed by atoms with Crippen molar-refractivity contribution in [2.75, 3.05) is 0 Å². The molecule has 0 aromatic rings. The largest absolute Gasteiger partial charge is 0.216 e. The molecule has 0 fully saturated rings. The summed E-state index contributed by atoms with van der Waals surface area (Å²) in [5, 5.41) is 2.25. The van der Waals surface area contributed by atoms with Gasteiger partial charge in [-0.1, -0.05) is 69.4 Å². The standard InChI is InChI=1S/C24H33NS/c1-5-8-12-19(4)22-14-10-11-15-23(22)24-17-16-21(18-26-25-24)20(7-3)13-9-6-2/h6,8-13,15,18-19,22H,5,7,14,16-17H2,1-4H3/b9-6-,12-8?,20-13+. The van der Waals surface area contributed by atoms with Crippen molar-refractivity contribution in [3.8, 4) is 0 Å². The molecule has 1 aliphatic carbocycles. The van der Waals surface area contributed by atoms with Crippen LogP contribution in [0, 0.1) is 11.8 Å². The first-order valence-corrected chi connectivity index (χ1v) is 10.8. The van der Waals surface area contributed by atoms with Crippen LogP contribution in [0.2, 0.25) is 0 Å².